The largest absolute Gasteiger partial charge is 0.342 e. The van der Waals surface area contributed by atoms with E-state index in [1.54, 1.807) is 0 Å². The van der Waals surface area contributed by atoms with Gasteiger partial charge in [0.25, 0.3) is 0 Å². The average Bonchev–Trinajstić information content (AvgIpc) is 2.60. The van der Waals surface area contributed by atoms with Gasteiger partial charge in [-0.05, 0) is 30.5 Å². The van der Waals surface area contributed by atoms with E-state index in [2.05, 4.69) is 35.8 Å². The summed E-state index contributed by atoms with van der Waals surface area (Å²) < 4.78 is 2.08. The normalized spacial score (nSPS) is 12.3. The van der Waals surface area contributed by atoms with Crippen molar-refractivity contribution in [2.75, 3.05) is 0 Å². The summed E-state index contributed by atoms with van der Waals surface area (Å²) in [5.74, 6) is 0. The average molecular weight is 240 g/mol. The third-order valence-electron chi connectivity index (χ3n) is 2.37. The second kappa shape index (κ2) is 4.30. The van der Waals surface area contributed by atoms with E-state index in [1.807, 2.05) is 6.20 Å². The summed E-state index contributed by atoms with van der Waals surface area (Å²) in [6.45, 7) is 2.71. The summed E-state index contributed by atoms with van der Waals surface area (Å²) >= 11 is 11.4. The van der Waals surface area contributed by atoms with E-state index in [0.717, 1.165) is 0 Å². The van der Waals surface area contributed by atoms with E-state index in [9.17, 15) is 0 Å². The maximum atomic E-state index is 5.90. The number of nitrogens with zero attached hydrogens (tertiary/aromatic N) is 1. The molecule has 0 spiro atoms. The van der Waals surface area contributed by atoms with Crippen molar-refractivity contribution in [2.24, 2.45) is 0 Å². The van der Waals surface area contributed by atoms with E-state index < -0.39 is 0 Å². The minimum atomic E-state index is 0.623. The molecule has 0 aliphatic rings. The molecular weight excluding hydrogens is 229 g/mol. The molecule has 1 nitrogen and oxygen atoms in total. The molecule has 1 aromatic carbocycles. The second-order valence-corrected chi connectivity index (χ2v) is 4.27. The quantitative estimate of drug-likeness (QED) is 0.738. The first-order chi connectivity index (χ1) is 7.20. The zero-order valence-electron chi connectivity index (χ0n) is 8.37. The van der Waals surface area contributed by atoms with Gasteiger partial charge in [0.2, 0.25) is 0 Å². The van der Waals surface area contributed by atoms with Crippen LogP contribution in [0.25, 0.3) is 10.9 Å². The zero-order valence-corrected chi connectivity index (χ0v) is 9.89. The maximum Gasteiger partial charge on any atom is 0.0592 e. The Morgan fingerprint density at radius 1 is 1.40 bits per heavy atom. The van der Waals surface area contributed by atoms with Gasteiger partial charge in [0, 0.05) is 22.3 Å². The highest BCUT2D eigenvalue weighted by molar-refractivity contribution is 6.36. The Morgan fingerprint density at radius 3 is 2.93 bits per heavy atom. The summed E-state index contributed by atoms with van der Waals surface area (Å²) in [7, 11) is 0. The summed E-state index contributed by atoms with van der Waals surface area (Å²) in [6.07, 6.45) is 2.02. The number of aryl methyl sites for hydroxylation is 1. The Hall–Kier alpha value is -0.920. The molecule has 0 radical (unpaired) electrons. The molecule has 1 heterocycles. The molecule has 0 saturated heterocycles. The molecule has 1 aromatic heterocycles. The standard InChI is InChI=1S/C12H11Cl2N/c1-9-2-3-12-10(6-9)4-5-15(12)8-11(14)7-13/h2-7H,8H2,1H3/b11-7-. The predicted octanol–water partition coefficient (Wildman–Crippen LogP) is 4.27. The van der Waals surface area contributed by atoms with Crippen LogP contribution in [0.1, 0.15) is 5.56 Å². The van der Waals surface area contributed by atoms with Crippen LogP contribution in [0, 0.1) is 6.92 Å². The lowest BCUT2D eigenvalue weighted by atomic mass is 10.2. The van der Waals surface area contributed by atoms with Gasteiger partial charge in [-0.1, -0.05) is 34.8 Å². The topological polar surface area (TPSA) is 4.93 Å². The highest BCUT2D eigenvalue weighted by atomic mass is 35.5. The van der Waals surface area contributed by atoms with Gasteiger partial charge in [-0.3, -0.25) is 0 Å². The smallest absolute Gasteiger partial charge is 0.0592 e. The second-order valence-electron chi connectivity index (χ2n) is 3.56. The van der Waals surface area contributed by atoms with Gasteiger partial charge in [0.05, 0.1) is 6.54 Å². The number of aromatic nitrogens is 1. The first kappa shape index (κ1) is 10.6. The van der Waals surface area contributed by atoms with Crippen molar-refractivity contribution < 1.29 is 0 Å². The van der Waals surface area contributed by atoms with E-state index >= 15 is 0 Å². The Balaban J connectivity index is 2.45. The Morgan fingerprint density at radius 2 is 2.20 bits per heavy atom. The molecule has 0 aliphatic heterocycles. The van der Waals surface area contributed by atoms with Gasteiger partial charge in [-0.25, -0.2) is 0 Å². The lowest BCUT2D eigenvalue weighted by Gasteiger charge is -2.03. The first-order valence-corrected chi connectivity index (χ1v) is 5.52. The third kappa shape index (κ3) is 2.19. The van der Waals surface area contributed by atoms with Crippen molar-refractivity contribution in [3.05, 3.63) is 46.6 Å². The van der Waals surface area contributed by atoms with E-state index in [1.165, 1.54) is 22.0 Å². The summed E-state index contributed by atoms with van der Waals surface area (Å²) in [5.41, 5.74) is 3.85. The summed E-state index contributed by atoms with van der Waals surface area (Å²) in [4.78, 5) is 0. The van der Waals surface area contributed by atoms with E-state index in [4.69, 9.17) is 23.2 Å². The van der Waals surface area contributed by atoms with Crippen molar-refractivity contribution in [2.45, 2.75) is 13.5 Å². The van der Waals surface area contributed by atoms with Crippen LogP contribution in [0.15, 0.2) is 41.0 Å². The van der Waals surface area contributed by atoms with Gasteiger partial charge in [0.1, 0.15) is 0 Å². The molecule has 0 fully saturated rings. The van der Waals surface area contributed by atoms with Crippen LogP contribution >= 0.6 is 23.2 Å². The van der Waals surface area contributed by atoms with E-state index in [-0.39, 0.29) is 0 Å². The minimum absolute atomic E-state index is 0.623. The van der Waals surface area contributed by atoms with Crippen molar-refractivity contribution in [3.8, 4) is 0 Å². The van der Waals surface area contributed by atoms with Gasteiger partial charge < -0.3 is 4.57 Å². The number of rotatable bonds is 2. The van der Waals surface area contributed by atoms with Crippen molar-refractivity contribution in [3.63, 3.8) is 0 Å². The molecule has 2 aromatic rings. The third-order valence-corrected chi connectivity index (χ3v) is 2.97. The molecule has 0 amide bonds. The molecular formula is C12H11Cl2N. The predicted molar refractivity (Wildman–Crippen MR) is 66.5 cm³/mol. The fourth-order valence-electron chi connectivity index (χ4n) is 1.65. The van der Waals surface area contributed by atoms with Crippen LogP contribution < -0.4 is 0 Å². The van der Waals surface area contributed by atoms with Crippen LogP contribution in [-0.4, -0.2) is 4.57 Å². The van der Waals surface area contributed by atoms with Gasteiger partial charge >= 0.3 is 0 Å². The molecule has 0 bridgehead atoms. The van der Waals surface area contributed by atoms with Gasteiger partial charge in [-0.15, -0.1) is 0 Å². The highest BCUT2D eigenvalue weighted by Crippen LogP contribution is 2.19. The Labute approximate surface area is 98.9 Å². The molecule has 0 N–H and O–H groups in total. The Kier molecular flexibility index (Phi) is 3.03. The lowest BCUT2D eigenvalue weighted by molar-refractivity contribution is 0.852. The van der Waals surface area contributed by atoms with Crippen molar-refractivity contribution >= 4 is 34.1 Å². The fraction of sp³-hybridized carbons (Fsp3) is 0.167. The monoisotopic (exact) mass is 239 g/mol. The highest BCUT2D eigenvalue weighted by Gasteiger charge is 2.01. The molecule has 0 unspecified atom stereocenters. The maximum absolute atomic E-state index is 5.90. The number of hydrogen-bond donors (Lipinski definition) is 0. The van der Waals surface area contributed by atoms with Gasteiger partial charge in [-0.2, -0.15) is 0 Å². The molecule has 15 heavy (non-hydrogen) atoms. The molecule has 0 atom stereocenters. The van der Waals surface area contributed by atoms with Crippen molar-refractivity contribution in [1.29, 1.82) is 0 Å². The fourth-order valence-corrected chi connectivity index (χ4v) is 1.85. The minimum Gasteiger partial charge on any atom is -0.342 e. The number of fused-ring (bicyclic) bond motifs is 1. The van der Waals surface area contributed by atoms with Crippen LogP contribution in [0.2, 0.25) is 0 Å². The summed E-state index contributed by atoms with van der Waals surface area (Å²) in [6, 6.07) is 8.44. The summed E-state index contributed by atoms with van der Waals surface area (Å²) in [5, 5.41) is 1.86. The molecule has 0 saturated carbocycles. The van der Waals surface area contributed by atoms with Crippen LogP contribution in [-0.2, 0) is 6.54 Å². The van der Waals surface area contributed by atoms with Gasteiger partial charge in [0.15, 0.2) is 0 Å². The number of allylic oxidation sites excluding steroid dienone is 1. The zero-order chi connectivity index (χ0) is 10.8. The van der Waals surface area contributed by atoms with Crippen LogP contribution in [0.4, 0.5) is 0 Å². The molecule has 3 heteroatoms. The number of hydrogen-bond acceptors (Lipinski definition) is 0. The number of benzene rings is 1. The first-order valence-electron chi connectivity index (χ1n) is 4.71. The van der Waals surface area contributed by atoms with Crippen LogP contribution in [0.5, 0.6) is 0 Å². The SMILES string of the molecule is Cc1ccc2c(ccn2C/C(Cl)=C/Cl)c1. The Bertz CT molecular complexity index is 511. The molecule has 78 valence electrons. The van der Waals surface area contributed by atoms with Crippen molar-refractivity contribution in [1.82, 2.24) is 4.57 Å². The number of halogens is 2. The van der Waals surface area contributed by atoms with E-state index in [0.29, 0.717) is 11.6 Å². The molecule has 0 aliphatic carbocycles. The van der Waals surface area contributed by atoms with Crippen LogP contribution in [0.3, 0.4) is 0 Å². The molecule has 2 rings (SSSR count). The lowest BCUT2D eigenvalue weighted by Crippen LogP contribution is -1.95.